The summed E-state index contributed by atoms with van der Waals surface area (Å²) in [6.07, 6.45) is 0. The van der Waals surface area contributed by atoms with Crippen LogP contribution in [0.15, 0.2) is 42.5 Å². The van der Waals surface area contributed by atoms with E-state index in [1.165, 1.54) is 6.92 Å². The maximum absolute atomic E-state index is 13.0. The van der Waals surface area contributed by atoms with Crippen molar-refractivity contribution in [3.8, 4) is 5.75 Å². The second-order valence-corrected chi connectivity index (χ2v) is 8.66. The van der Waals surface area contributed by atoms with Gasteiger partial charge in [-0.2, -0.15) is 0 Å². The van der Waals surface area contributed by atoms with Crippen molar-refractivity contribution in [3.05, 3.63) is 53.6 Å². The molecule has 4 amide bonds. The van der Waals surface area contributed by atoms with Crippen LogP contribution in [0.25, 0.3) is 0 Å². The Morgan fingerprint density at radius 2 is 1.69 bits per heavy atom. The molecular weight excluding hydrogens is 452 g/mol. The molecule has 3 aliphatic rings. The zero-order chi connectivity index (χ0) is 24.5. The SMILES string of the molecule is CC(C(=O)Nc1ccc2c(c1)N(CCN1CCOCC1)C(=O)CO2)N1C(=O)c2ccccc2C1=O. The van der Waals surface area contributed by atoms with Crippen molar-refractivity contribution in [3.63, 3.8) is 0 Å². The number of nitrogens with one attached hydrogen (secondary N) is 1. The Morgan fingerprint density at radius 3 is 2.37 bits per heavy atom. The Labute approximate surface area is 202 Å². The number of amides is 4. The lowest BCUT2D eigenvalue weighted by Crippen LogP contribution is -2.46. The van der Waals surface area contributed by atoms with Gasteiger partial charge in [0.1, 0.15) is 11.8 Å². The smallest absolute Gasteiger partial charge is 0.265 e. The number of morpholine rings is 1. The van der Waals surface area contributed by atoms with Crippen molar-refractivity contribution in [2.45, 2.75) is 13.0 Å². The maximum Gasteiger partial charge on any atom is 0.265 e. The van der Waals surface area contributed by atoms with Crippen molar-refractivity contribution in [2.75, 3.05) is 56.2 Å². The number of carbonyl (C=O) groups is 4. The standard InChI is InChI=1S/C25H26N4O6/c1-16(29-24(32)18-4-2-3-5-19(18)25(29)33)23(31)26-17-6-7-21-20(14-17)28(22(30)15-35-21)9-8-27-10-12-34-13-11-27/h2-7,14,16H,8-13,15H2,1H3,(H,26,31). The van der Waals surface area contributed by atoms with E-state index in [1.54, 1.807) is 47.4 Å². The van der Waals surface area contributed by atoms with Gasteiger partial charge in [0.25, 0.3) is 17.7 Å². The number of hydrogen-bond acceptors (Lipinski definition) is 7. The molecule has 0 bridgehead atoms. The summed E-state index contributed by atoms with van der Waals surface area (Å²) in [4.78, 5) is 56.0. The molecule has 0 saturated carbocycles. The number of imide groups is 1. The predicted molar refractivity (Wildman–Crippen MR) is 127 cm³/mol. The summed E-state index contributed by atoms with van der Waals surface area (Å²) in [6, 6.07) is 10.5. The van der Waals surface area contributed by atoms with Gasteiger partial charge in [-0.25, -0.2) is 0 Å². The van der Waals surface area contributed by atoms with Crippen LogP contribution in [0, 0.1) is 0 Å². The first-order chi connectivity index (χ1) is 16.9. The number of fused-ring (bicyclic) bond motifs is 2. The van der Waals surface area contributed by atoms with E-state index >= 15 is 0 Å². The van der Waals surface area contributed by atoms with Gasteiger partial charge in [0.05, 0.1) is 30.0 Å². The van der Waals surface area contributed by atoms with Crippen molar-refractivity contribution in [1.29, 1.82) is 0 Å². The molecule has 1 atom stereocenters. The number of benzene rings is 2. The van der Waals surface area contributed by atoms with Crippen molar-refractivity contribution in [2.24, 2.45) is 0 Å². The minimum absolute atomic E-state index is 0.0431. The lowest BCUT2D eigenvalue weighted by Gasteiger charge is -2.33. The third-order valence-corrected chi connectivity index (χ3v) is 6.51. The van der Waals surface area contributed by atoms with E-state index in [0.29, 0.717) is 43.4 Å². The zero-order valence-electron chi connectivity index (χ0n) is 19.4. The number of nitrogens with zero attached hydrogens (tertiary/aromatic N) is 3. The molecule has 1 unspecified atom stereocenters. The summed E-state index contributed by atoms with van der Waals surface area (Å²) in [7, 11) is 0. The Morgan fingerprint density at radius 1 is 1.00 bits per heavy atom. The molecular formula is C25H26N4O6. The summed E-state index contributed by atoms with van der Waals surface area (Å²) in [5.41, 5.74) is 1.59. The Bertz CT molecular complexity index is 1160. The molecule has 1 saturated heterocycles. The second-order valence-electron chi connectivity index (χ2n) is 8.66. The van der Waals surface area contributed by atoms with Crippen LogP contribution >= 0.6 is 0 Å². The molecule has 1 N–H and O–H groups in total. The van der Waals surface area contributed by atoms with Gasteiger partial charge in [0.2, 0.25) is 5.91 Å². The van der Waals surface area contributed by atoms with E-state index in [4.69, 9.17) is 9.47 Å². The van der Waals surface area contributed by atoms with Gasteiger partial charge in [-0.05, 0) is 37.3 Å². The number of carbonyl (C=O) groups excluding carboxylic acids is 4. The summed E-state index contributed by atoms with van der Waals surface area (Å²) >= 11 is 0. The lowest BCUT2D eigenvalue weighted by atomic mass is 10.1. The molecule has 0 radical (unpaired) electrons. The minimum Gasteiger partial charge on any atom is -0.482 e. The average Bonchev–Trinajstić information content (AvgIpc) is 3.13. The van der Waals surface area contributed by atoms with Crippen LogP contribution < -0.4 is 15.0 Å². The molecule has 0 aliphatic carbocycles. The first-order valence-electron chi connectivity index (χ1n) is 11.6. The molecule has 10 nitrogen and oxygen atoms in total. The van der Waals surface area contributed by atoms with Gasteiger partial charge < -0.3 is 19.7 Å². The number of anilines is 2. The zero-order valence-corrected chi connectivity index (χ0v) is 19.4. The van der Waals surface area contributed by atoms with E-state index in [-0.39, 0.29) is 23.6 Å². The van der Waals surface area contributed by atoms with Crippen LogP contribution in [0.5, 0.6) is 5.75 Å². The van der Waals surface area contributed by atoms with Crippen LogP contribution in [-0.4, -0.2) is 85.5 Å². The van der Waals surface area contributed by atoms with Gasteiger partial charge in [-0.3, -0.25) is 29.0 Å². The molecule has 182 valence electrons. The number of ether oxygens (including phenoxy) is 2. The van der Waals surface area contributed by atoms with Crippen LogP contribution in [0.4, 0.5) is 11.4 Å². The van der Waals surface area contributed by atoms with Gasteiger partial charge >= 0.3 is 0 Å². The molecule has 0 spiro atoms. The van der Waals surface area contributed by atoms with Crippen molar-refractivity contribution >= 4 is 35.0 Å². The normalized spacial score (nSPS) is 18.7. The quantitative estimate of drug-likeness (QED) is 0.625. The average molecular weight is 479 g/mol. The first kappa shape index (κ1) is 23.0. The molecule has 2 aromatic rings. The molecule has 2 aromatic carbocycles. The summed E-state index contributed by atoms with van der Waals surface area (Å²) in [6.45, 7) is 5.63. The van der Waals surface area contributed by atoms with Crippen LogP contribution in [-0.2, 0) is 14.3 Å². The largest absolute Gasteiger partial charge is 0.482 e. The van der Waals surface area contributed by atoms with Crippen molar-refractivity contribution in [1.82, 2.24) is 9.80 Å². The van der Waals surface area contributed by atoms with Crippen LogP contribution in [0.3, 0.4) is 0 Å². The minimum atomic E-state index is -1.02. The molecule has 5 rings (SSSR count). The van der Waals surface area contributed by atoms with Crippen LogP contribution in [0.2, 0.25) is 0 Å². The van der Waals surface area contributed by atoms with E-state index < -0.39 is 23.8 Å². The molecule has 0 aromatic heterocycles. The van der Waals surface area contributed by atoms with Gasteiger partial charge in [0.15, 0.2) is 6.61 Å². The fraction of sp³-hybridized carbons (Fsp3) is 0.360. The maximum atomic E-state index is 13.0. The van der Waals surface area contributed by atoms with E-state index in [9.17, 15) is 19.2 Å². The van der Waals surface area contributed by atoms with Gasteiger partial charge in [-0.1, -0.05) is 12.1 Å². The molecule has 35 heavy (non-hydrogen) atoms. The molecule has 3 heterocycles. The van der Waals surface area contributed by atoms with Gasteiger partial charge in [0, 0.05) is 31.9 Å². The highest BCUT2D eigenvalue weighted by Gasteiger charge is 2.40. The number of hydrogen-bond donors (Lipinski definition) is 1. The summed E-state index contributed by atoms with van der Waals surface area (Å²) in [5, 5.41) is 2.77. The molecule has 10 heteroatoms. The lowest BCUT2D eigenvalue weighted by molar-refractivity contribution is -0.121. The highest BCUT2D eigenvalue weighted by Crippen LogP contribution is 2.35. The fourth-order valence-electron chi connectivity index (χ4n) is 4.51. The molecule has 3 aliphatic heterocycles. The number of rotatable bonds is 6. The third kappa shape index (κ3) is 4.38. The highest BCUT2D eigenvalue weighted by atomic mass is 16.5. The van der Waals surface area contributed by atoms with E-state index in [2.05, 4.69) is 10.2 Å². The Balaban J connectivity index is 1.30. The van der Waals surface area contributed by atoms with E-state index in [1.807, 2.05) is 0 Å². The fourth-order valence-corrected chi connectivity index (χ4v) is 4.51. The summed E-state index contributed by atoms with van der Waals surface area (Å²) in [5.74, 6) is -1.10. The van der Waals surface area contributed by atoms with Gasteiger partial charge in [-0.15, -0.1) is 0 Å². The Hall–Kier alpha value is -3.76. The topological polar surface area (TPSA) is 108 Å². The van der Waals surface area contributed by atoms with E-state index in [0.717, 1.165) is 18.0 Å². The molecule has 1 fully saturated rings. The Kier molecular flexibility index (Phi) is 6.23. The monoisotopic (exact) mass is 478 g/mol. The highest BCUT2D eigenvalue weighted by molar-refractivity contribution is 6.23. The van der Waals surface area contributed by atoms with Crippen LogP contribution in [0.1, 0.15) is 27.6 Å². The summed E-state index contributed by atoms with van der Waals surface area (Å²) < 4.78 is 11.0. The second kappa shape index (κ2) is 9.47. The third-order valence-electron chi connectivity index (χ3n) is 6.51. The van der Waals surface area contributed by atoms with Crippen molar-refractivity contribution < 1.29 is 28.7 Å². The predicted octanol–water partition coefficient (Wildman–Crippen LogP) is 1.37. The first-order valence-corrected chi connectivity index (χ1v) is 11.6.